The summed E-state index contributed by atoms with van der Waals surface area (Å²) in [4.78, 5) is 12.0. The number of esters is 1. The van der Waals surface area contributed by atoms with Crippen LogP contribution < -0.4 is 5.32 Å². The predicted octanol–water partition coefficient (Wildman–Crippen LogP) is 2.35. The first-order chi connectivity index (χ1) is 7.44. The normalized spacial score (nSPS) is 27.8. The van der Waals surface area contributed by atoms with Gasteiger partial charge in [-0.3, -0.25) is 4.79 Å². The van der Waals surface area contributed by atoms with Crippen molar-refractivity contribution in [3.63, 3.8) is 0 Å². The summed E-state index contributed by atoms with van der Waals surface area (Å²) in [5.74, 6) is 0.535. The molecule has 3 heteroatoms. The Kier molecular flexibility index (Phi) is 4.78. The summed E-state index contributed by atoms with van der Waals surface area (Å²) in [7, 11) is 0. The second-order valence-electron chi connectivity index (χ2n) is 5.69. The van der Waals surface area contributed by atoms with Crippen LogP contribution in [0.1, 0.15) is 47.0 Å². The second kappa shape index (κ2) is 5.67. The Morgan fingerprint density at radius 3 is 2.62 bits per heavy atom. The van der Waals surface area contributed by atoms with Crippen molar-refractivity contribution in [3.8, 4) is 0 Å². The minimum Gasteiger partial charge on any atom is -0.462 e. The van der Waals surface area contributed by atoms with E-state index in [2.05, 4.69) is 19.2 Å². The van der Waals surface area contributed by atoms with Gasteiger partial charge in [-0.15, -0.1) is 0 Å². The molecule has 1 fully saturated rings. The summed E-state index contributed by atoms with van der Waals surface area (Å²) in [5, 5.41) is 3.27. The Hall–Kier alpha value is -0.570. The van der Waals surface area contributed by atoms with Crippen molar-refractivity contribution in [2.75, 3.05) is 13.1 Å². The van der Waals surface area contributed by atoms with Gasteiger partial charge in [0.25, 0.3) is 0 Å². The lowest BCUT2D eigenvalue weighted by molar-refractivity contribution is -0.161. The SMILES string of the molecule is CC(C)CC(C)OC(=O)C1(C)CCCNC1. The van der Waals surface area contributed by atoms with Crippen LogP contribution in [-0.2, 0) is 9.53 Å². The fourth-order valence-electron chi connectivity index (χ4n) is 2.27. The third-order valence-corrected chi connectivity index (χ3v) is 3.20. The van der Waals surface area contributed by atoms with Crippen LogP contribution in [0.25, 0.3) is 0 Å². The number of carbonyl (C=O) groups excluding carboxylic acids is 1. The van der Waals surface area contributed by atoms with E-state index < -0.39 is 0 Å². The van der Waals surface area contributed by atoms with E-state index >= 15 is 0 Å². The van der Waals surface area contributed by atoms with Crippen molar-refractivity contribution < 1.29 is 9.53 Å². The molecule has 0 spiro atoms. The van der Waals surface area contributed by atoms with Gasteiger partial charge in [0.1, 0.15) is 0 Å². The van der Waals surface area contributed by atoms with Crippen LogP contribution in [0, 0.1) is 11.3 Å². The van der Waals surface area contributed by atoms with Gasteiger partial charge in [-0.05, 0) is 45.6 Å². The van der Waals surface area contributed by atoms with Crippen LogP contribution in [0.4, 0.5) is 0 Å². The lowest BCUT2D eigenvalue weighted by Gasteiger charge is -2.33. The molecule has 0 aromatic carbocycles. The van der Waals surface area contributed by atoms with Crippen molar-refractivity contribution in [2.45, 2.75) is 53.1 Å². The molecule has 1 rings (SSSR count). The summed E-state index contributed by atoms with van der Waals surface area (Å²) < 4.78 is 5.52. The fourth-order valence-corrected chi connectivity index (χ4v) is 2.27. The molecule has 94 valence electrons. The standard InChI is InChI=1S/C13H25NO2/c1-10(2)8-11(3)16-12(15)13(4)6-5-7-14-9-13/h10-11,14H,5-9H2,1-4H3. The fraction of sp³-hybridized carbons (Fsp3) is 0.923. The quantitative estimate of drug-likeness (QED) is 0.749. The van der Waals surface area contributed by atoms with E-state index in [1.165, 1.54) is 0 Å². The highest BCUT2D eigenvalue weighted by atomic mass is 16.5. The van der Waals surface area contributed by atoms with Crippen molar-refractivity contribution in [2.24, 2.45) is 11.3 Å². The molecule has 0 aromatic heterocycles. The summed E-state index contributed by atoms with van der Waals surface area (Å²) in [6.45, 7) is 10.0. The molecule has 1 aliphatic heterocycles. The molecule has 0 radical (unpaired) electrons. The summed E-state index contributed by atoms with van der Waals surface area (Å²) >= 11 is 0. The van der Waals surface area contributed by atoms with Crippen LogP contribution >= 0.6 is 0 Å². The molecule has 1 aliphatic rings. The Morgan fingerprint density at radius 1 is 1.44 bits per heavy atom. The van der Waals surface area contributed by atoms with E-state index in [9.17, 15) is 4.79 Å². The molecule has 0 amide bonds. The first kappa shape index (κ1) is 13.5. The van der Waals surface area contributed by atoms with E-state index in [1.54, 1.807) is 0 Å². The second-order valence-corrected chi connectivity index (χ2v) is 5.69. The van der Waals surface area contributed by atoms with Crippen LogP contribution in [0.5, 0.6) is 0 Å². The molecular formula is C13H25NO2. The topological polar surface area (TPSA) is 38.3 Å². The minimum atomic E-state index is -0.316. The third kappa shape index (κ3) is 3.78. The van der Waals surface area contributed by atoms with Crippen molar-refractivity contribution >= 4 is 5.97 Å². The molecule has 1 N–H and O–H groups in total. The smallest absolute Gasteiger partial charge is 0.313 e. The van der Waals surface area contributed by atoms with Crippen LogP contribution in [0.3, 0.4) is 0 Å². The molecule has 1 heterocycles. The van der Waals surface area contributed by atoms with Gasteiger partial charge in [0, 0.05) is 6.54 Å². The number of ether oxygens (including phenoxy) is 1. The van der Waals surface area contributed by atoms with Gasteiger partial charge in [-0.1, -0.05) is 13.8 Å². The van der Waals surface area contributed by atoms with E-state index in [0.29, 0.717) is 5.92 Å². The summed E-state index contributed by atoms with van der Waals surface area (Å²) in [6, 6.07) is 0. The molecule has 0 bridgehead atoms. The lowest BCUT2D eigenvalue weighted by atomic mass is 9.83. The average molecular weight is 227 g/mol. The third-order valence-electron chi connectivity index (χ3n) is 3.20. The Morgan fingerprint density at radius 2 is 2.12 bits per heavy atom. The maximum absolute atomic E-state index is 12.0. The maximum Gasteiger partial charge on any atom is 0.313 e. The van der Waals surface area contributed by atoms with E-state index in [-0.39, 0.29) is 17.5 Å². The van der Waals surface area contributed by atoms with Gasteiger partial charge in [0.05, 0.1) is 11.5 Å². The Bertz CT molecular complexity index is 232. The lowest BCUT2D eigenvalue weighted by Crippen LogP contribution is -2.45. The van der Waals surface area contributed by atoms with Crippen LogP contribution in [0.15, 0.2) is 0 Å². The van der Waals surface area contributed by atoms with E-state index in [1.807, 2.05) is 13.8 Å². The van der Waals surface area contributed by atoms with Gasteiger partial charge in [0.2, 0.25) is 0 Å². The minimum absolute atomic E-state index is 0.0336. The predicted molar refractivity (Wildman–Crippen MR) is 65.2 cm³/mol. The number of rotatable bonds is 4. The first-order valence-corrected chi connectivity index (χ1v) is 6.36. The number of carbonyl (C=O) groups is 1. The molecule has 0 saturated carbocycles. The molecular weight excluding hydrogens is 202 g/mol. The monoisotopic (exact) mass is 227 g/mol. The highest BCUT2D eigenvalue weighted by molar-refractivity contribution is 5.77. The van der Waals surface area contributed by atoms with E-state index in [0.717, 1.165) is 32.4 Å². The highest BCUT2D eigenvalue weighted by Gasteiger charge is 2.36. The van der Waals surface area contributed by atoms with Crippen molar-refractivity contribution in [1.29, 1.82) is 0 Å². The molecule has 3 nitrogen and oxygen atoms in total. The zero-order chi connectivity index (χ0) is 12.2. The first-order valence-electron chi connectivity index (χ1n) is 6.36. The van der Waals surface area contributed by atoms with E-state index in [4.69, 9.17) is 4.74 Å². The molecule has 16 heavy (non-hydrogen) atoms. The van der Waals surface area contributed by atoms with Gasteiger partial charge in [0.15, 0.2) is 0 Å². The molecule has 2 atom stereocenters. The van der Waals surface area contributed by atoms with Crippen LogP contribution in [-0.4, -0.2) is 25.2 Å². The molecule has 1 saturated heterocycles. The number of hydrogen-bond acceptors (Lipinski definition) is 3. The van der Waals surface area contributed by atoms with Gasteiger partial charge in [-0.25, -0.2) is 0 Å². The number of nitrogens with one attached hydrogen (secondary N) is 1. The summed E-state index contributed by atoms with van der Waals surface area (Å²) in [5.41, 5.74) is -0.316. The Labute approximate surface area is 98.9 Å². The van der Waals surface area contributed by atoms with Crippen molar-refractivity contribution in [1.82, 2.24) is 5.32 Å². The average Bonchev–Trinajstić information content (AvgIpc) is 2.17. The molecule has 2 unspecified atom stereocenters. The molecule has 0 aromatic rings. The zero-order valence-corrected chi connectivity index (χ0v) is 11.0. The number of hydrogen-bond donors (Lipinski definition) is 1. The van der Waals surface area contributed by atoms with Gasteiger partial charge >= 0.3 is 5.97 Å². The van der Waals surface area contributed by atoms with Gasteiger partial charge in [-0.2, -0.15) is 0 Å². The maximum atomic E-state index is 12.0. The highest BCUT2D eigenvalue weighted by Crippen LogP contribution is 2.28. The zero-order valence-electron chi connectivity index (χ0n) is 11.0. The Balaban J connectivity index is 2.44. The van der Waals surface area contributed by atoms with Gasteiger partial charge < -0.3 is 10.1 Å². The van der Waals surface area contributed by atoms with Crippen molar-refractivity contribution in [3.05, 3.63) is 0 Å². The summed E-state index contributed by atoms with van der Waals surface area (Å²) in [6.07, 6.45) is 2.97. The van der Waals surface area contributed by atoms with Crippen LogP contribution in [0.2, 0.25) is 0 Å². The number of piperidine rings is 1. The molecule has 0 aliphatic carbocycles. The largest absolute Gasteiger partial charge is 0.462 e.